The molecule has 3 fully saturated rings. The van der Waals surface area contributed by atoms with E-state index >= 15 is 0 Å². The number of terminal acetylenes is 1. The maximum atomic E-state index is 14.4. The highest BCUT2D eigenvalue weighted by Gasteiger charge is 2.70. The summed E-state index contributed by atoms with van der Waals surface area (Å²) in [6.45, 7) is 16.7. The smallest absolute Gasteiger partial charge is 0.315 e. The van der Waals surface area contributed by atoms with Crippen molar-refractivity contribution in [1.29, 1.82) is 0 Å². The third kappa shape index (κ3) is 8.52. The summed E-state index contributed by atoms with van der Waals surface area (Å²) >= 11 is 0. The summed E-state index contributed by atoms with van der Waals surface area (Å²) < 4.78 is 25.6. The fraction of sp³-hybridized carbons (Fsp3) is 0.800. The van der Waals surface area contributed by atoms with Crippen molar-refractivity contribution in [2.45, 2.75) is 136 Å². The second kappa shape index (κ2) is 14.4. The third-order valence-electron chi connectivity index (χ3n) is 10.5. The van der Waals surface area contributed by atoms with Gasteiger partial charge in [-0.1, -0.05) is 53.9 Å². The van der Waals surface area contributed by atoms with Crippen molar-refractivity contribution < 1.29 is 32.4 Å². The van der Waals surface area contributed by atoms with Gasteiger partial charge < -0.3 is 26.2 Å². The summed E-state index contributed by atoms with van der Waals surface area (Å²) in [5.74, 6) is -0.533. The molecular weight excluding hydrogens is 634 g/mol. The molecule has 1 heterocycles. The van der Waals surface area contributed by atoms with E-state index in [1.165, 1.54) is 4.90 Å². The second-order valence-corrected chi connectivity index (χ2v) is 19.3. The number of urea groups is 1. The fourth-order valence-corrected chi connectivity index (χ4v) is 8.83. The quantitative estimate of drug-likeness (QED) is 0.180. The largest absolute Gasteiger partial charge is 0.350 e. The number of likely N-dealkylation sites (N-methyl/N-ethyl adjacent to an activating group) is 1. The first-order valence-electron chi connectivity index (χ1n) is 17.2. The van der Waals surface area contributed by atoms with Crippen LogP contribution < -0.4 is 21.3 Å². The number of hydrogen-bond donors (Lipinski definition) is 4. The number of likely N-dealkylation sites (tertiary alicyclic amines) is 1. The molecule has 0 aromatic rings. The monoisotopic (exact) mass is 691 g/mol. The number of fused-ring (bicyclic) bond motifs is 1. The Bertz CT molecular complexity index is 1410. The molecule has 48 heavy (non-hydrogen) atoms. The molecule has 13 heteroatoms. The highest BCUT2D eigenvalue weighted by Crippen LogP contribution is 2.65. The number of ketones is 1. The van der Waals surface area contributed by atoms with Crippen LogP contribution in [0.15, 0.2) is 0 Å². The summed E-state index contributed by atoms with van der Waals surface area (Å²) in [6, 6.07) is -3.77. The van der Waals surface area contributed by atoms with Gasteiger partial charge in [0.05, 0.1) is 22.1 Å². The number of nitrogens with one attached hydrogen (secondary N) is 4. The standard InChI is InChI=1S/C35H57N5O7S/c1-11-13-17-23(26(41)29(43)36-12-2)37-28(42)25-24-22(34(24,9)10)20-40(25)30(44)27(32(3,4)5)38-31(45)39-35(18-15-14-16-19-35)21-48(46,47)33(6,7)8/h1,22-25,27H,12-21H2,2-10H3,(H,36,43)(H,37,42)(H2,38,39,45)/t22?,23?,24?,25-,27+/m0/s1. The van der Waals surface area contributed by atoms with Crippen molar-refractivity contribution >= 4 is 39.4 Å². The van der Waals surface area contributed by atoms with Crippen LogP contribution in [-0.4, -0.2) is 90.1 Å². The molecule has 0 bridgehead atoms. The number of rotatable bonds is 12. The zero-order valence-corrected chi connectivity index (χ0v) is 31.1. The van der Waals surface area contributed by atoms with Gasteiger partial charge in [-0.2, -0.15) is 0 Å². The Balaban J connectivity index is 1.87. The van der Waals surface area contributed by atoms with E-state index in [1.54, 1.807) is 27.7 Å². The van der Waals surface area contributed by atoms with E-state index in [-0.39, 0.29) is 48.9 Å². The highest BCUT2D eigenvalue weighted by molar-refractivity contribution is 7.92. The van der Waals surface area contributed by atoms with Gasteiger partial charge in [-0.05, 0) is 69.6 Å². The normalized spacial score (nSPS) is 24.2. The minimum Gasteiger partial charge on any atom is -0.350 e. The van der Waals surface area contributed by atoms with E-state index in [9.17, 15) is 32.4 Å². The van der Waals surface area contributed by atoms with Crippen LogP contribution in [0.5, 0.6) is 0 Å². The van der Waals surface area contributed by atoms with Crippen molar-refractivity contribution in [3.05, 3.63) is 0 Å². The van der Waals surface area contributed by atoms with Crippen LogP contribution in [0, 0.1) is 35.0 Å². The average molecular weight is 692 g/mol. The Labute approximate surface area is 287 Å². The Hall–Kier alpha value is -3.14. The number of piperidine rings is 1. The topological polar surface area (TPSA) is 171 Å². The highest BCUT2D eigenvalue weighted by atomic mass is 32.2. The second-order valence-electron chi connectivity index (χ2n) is 16.5. The van der Waals surface area contributed by atoms with Crippen LogP contribution >= 0.6 is 0 Å². The molecule has 4 N–H and O–H groups in total. The first-order chi connectivity index (χ1) is 22.0. The summed E-state index contributed by atoms with van der Waals surface area (Å²) in [7, 11) is -3.57. The first-order valence-corrected chi connectivity index (χ1v) is 18.9. The molecule has 5 amide bonds. The summed E-state index contributed by atoms with van der Waals surface area (Å²) in [5.41, 5.74) is -1.98. The van der Waals surface area contributed by atoms with Crippen molar-refractivity contribution in [2.24, 2.45) is 22.7 Å². The number of nitrogens with zero attached hydrogens (tertiary/aromatic N) is 1. The van der Waals surface area contributed by atoms with Gasteiger partial charge >= 0.3 is 6.03 Å². The lowest BCUT2D eigenvalue weighted by atomic mass is 9.83. The number of carbonyl (C=O) groups excluding carboxylic acids is 5. The molecule has 3 rings (SSSR count). The molecule has 12 nitrogen and oxygen atoms in total. The molecule has 3 aliphatic rings. The van der Waals surface area contributed by atoms with Gasteiger partial charge in [-0.15, -0.1) is 12.3 Å². The van der Waals surface area contributed by atoms with E-state index in [0.717, 1.165) is 19.3 Å². The van der Waals surface area contributed by atoms with Crippen molar-refractivity contribution in [3.8, 4) is 12.3 Å². The van der Waals surface area contributed by atoms with Gasteiger partial charge in [0, 0.05) is 19.5 Å². The van der Waals surface area contributed by atoms with E-state index in [2.05, 4.69) is 27.2 Å². The molecule has 2 aliphatic carbocycles. The van der Waals surface area contributed by atoms with Crippen molar-refractivity contribution in [1.82, 2.24) is 26.2 Å². The van der Waals surface area contributed by atoms with Gasteiger partial charge in [-0.25, -0.2) is 13.2 Å². The SMILES string of the molecule is C#CCCC(NC(=O)[C@@H]1C2C(CN1C(=O)[C@@H](NC(=O)NC1(CS(=O)(=O)C(C)(C)C)CCCCC1)C(C)(C)C)C2(C)C)C(=O)C(=O)NCC. The molecular formula is C35H57N5O7S. The third-order valence-corrected chi connectivity index (χ3v) is 13.3. The summed E-state index contributed by atoms with van der Waals surface area (Å²) in [5, 5.41) is 11.0. The number of amides is 5. The van der Waals surface area contributed by atoms with Crippen molar-refractivity contribution in [2.75, 3.05) is 18.8 Å². The lowest BCUT2D eigenvalue weighted by molar-refractivity contribution is -0.145. The van der Waals surface area contributed by atoms with Crippen LogP contribution in [0.3, 0.4) is 0 Å². The van der Waals surface area contributed by atoms with Gasteiger partial charge in [0.15, 0.2) is 9.84 Å². The zero-order valence-electron chi connectivity index (χ0n) is 30.2. The van der Waals surface area contributed by atoms with E-state index in [0.29, 0.717) is 12.8 Å². The molecule has 0 spiro atoms. The van der Waals surface area contributed by atoms with Crippen LogP contribution in [0.4, 0.5) is 4.79 Å². The van der Waals surface area contributed by atoms with E-state index in [4.69, 9.17) is 6.42 Å². The maximum Gasteiger partial charge on any atom is 0.315 e. The predicted octanol–water partition coefficient (Wildman–Crippen LogP) is 2.70. The van der Waals surface area contributed by atoms with Gasteiger partial charge in [-0.3, -0.25) is 19.2 Å². The Morgan fingerprint density at radius 1 is 0.979 bits per heavy atom. The van der Waals surface area contributed by atoms with E-state index < -0.39 is 73.2 Å². The Kier molecular flexibility index (Phi) is 11.8. The van der Waals surface area contributed by atoms with Crippen LogP contribution in [0.2, 0.25) is 0 Å². The molecule has 3 unspecified atom stereocenters. The van der Waals surface area contributed by atoms with Crippen molar-refractivity contribution in [3.63, 3.8) is 0 Å². The van der Waals surface area contributed by atoms with Gasteiger partial charge in [0.1, 0.15) is 12.1 Å². The minimum atomic E-state index is -3.57. The molecule has 0 radical (unpaired) electrons. The lowest BCUT2D eigenvalue weighted by Gasteiger charge is -2.41. The number of sulfone groups is 1. The van der Waals surface area contributed by atoms with Crippen LogP contribution in [0.1, 0.15) is 107 Å². The van der Waals surface area contributed by atoms with Gasteiger partial charge in [0.2, 0.25) is 17.6 Å². The van der Waals surface area contributed by atoms with Crippen LogP contribution in [0.25, 0.3) is 0 Å². The molecule has 5 atom stereocenters. The number of hydrogen-bond acceptors (Lipinski definition) is 7. The Morgan fingerprint density at radius 3 is 2.10 bits per heavy atom. The molecule has 1 aliphatic heterocycles. The molecule has 2 saturated carbocycles. The summed E-state index contributed by atoms with van der Waals surface area (Å²) in [6.07, 6.45) is 9.15. The predicted molar refractivity (Wildman–Crippen MR) is 184 cm³/mol. The molecule has 270 valence electrons. The van der Waals surface area contributed by atoms with Gasteiger partial charge in [0.25, 0.3) is 5.91 Å². The van der Waals surface area contributed by atoms with Crippen LogP contribution in [-0.2, 0) is 29.0 Å². The summed E-state index contributed by atoms with van der Waals surface area (Å²) in [4.78, 5) is 68.9. The fourth-order valence-electron chi connectivity index (χ4n) is 7.31. The average Bonchev–Trinajstić information content (AvgIpc) is 3.27. The molecule has 1 saturated heterocycles. The zero-order chi connectivity index (χ0) is 36.5. The van der Waals surface area contributed by atoms with E-state index in [1.807, 2.05) is 34.6 Å². The number of Topliss-reactive ketones (excluding diaryl/α,β-unsaturated/α-hetero) is 1. The lowest BCUT2D eigenvalue weighted by Crippen LogP contribution is -2.64. The maximum absolute atomic E-state index is 14.4. The first kappa shape index (κ1) is 39.3. The number of carbonyl (C=O) groups is 5. The molecule has 0 aromatic carbocycles. The minimum absolute atomic E-state index is 0.0306. The molecule has 0 aromatic heterocycles. The Morgan fingerprint density at radius 2 is 1.58 bits per heavy atom.